The van der Waals surface area contributed by atoms with Crippen molar-refractivity contribution in [3.05, 3.63) is 76.4 Å². The Balaban J connectivity index is 1.37. The van der Waals surface area contributed by atoms with Gasteiger partial charge in [-0.05, 0) is 49.1 Å². The second kappa shape index (κ2) is 9.68. The van der Waals surface area contributed by atoms with Crippen LogP contribution < -0.4 is 14.8 Å². The molecular weight excluding hydrogens is 488 g/mol. The molecule has 0 spiro atoms. The number of hydrogen-bond acceptors (Lipinski definition) is 8. The van der Waals surface area contributed by atoms with Crippen LogP contribution >= 0.6 is 11.3 Å². The number of hydrogen-bond donors (Lipinski definition) is 3. The second-order valence-corrected chi connectivity index (χ2v) is 10.4. The summed E-state index contributed by atoms with van der Waals surface area (Å²) in [6, 6.07) is 14.5. The first-order valence-corrected chi connectivity index (χ1v) is 13.3. The van der Waals surface area contributed by atoms with Crippen LogP contribution in [0.5, 0.6) is 5.75 Å². The number of rotatable bonds is 10. The molecule has 0 amide bonds. The van der Waals surface area contributed by atoms with Crippen LogP contribution in [0.4, 0.5) is 11.7 Å². The maximum atomic E-state index is 11.1. The van der Waals surface area contributed by atoms with Gasteiger partial charge in [-0.25, -0.2) is 9.97 Å². The molecule has 2 heterocycles. The van der Waals surface area contributed by atoms with Crippen molar-refractivity contribution in [3.8, 4) is 17.1 Å². The molecule has 0 saturated heterocycles. The van der Waals surface area contributed by atoms with Crippen LogP contribution in [0.1, 0.15) is 41.1 Å². The Morgan fingerprint density at radius 1 is 1.23 bits per heavy atom. The summed E-state index contributed by atoms with van der Waals surface area (Å²) in [6.07, 6.45) is 4.59. The van der Waals surface area contributed by atoms with Crippen LogP contribution in [0.25, 0.3) is 11.3 Å². The van der Waals surface area contributed by atoms with Gasteiger partial charge in [-0.15, -0.1) is 11.3 Å². The van der Waals surface area contributed by atoms with Gasteiger partial charge in [0.05, 0.1) is 35.7 Å². The van der Waals surface area contributed by atoms with Crippen molar-refractivity contribution >= 4 is 33.3 Å². The maximum Gasteiger partial charge on any atom is 0.357 e. The molecule has 182 valence electrons. The van der Waals surface area contributed by atoms with Crippen LogP contribution in [0.2, 0.25) is 0 Å². The number of nitrogens with one attached hydrogen (secondary N) is 2. The van der Waals surface area contributed by atoms with Crippen molar-refractivity contribution < 1.29 is 22.1 Å². The normalized spacial score (nSPS) is 14.5. The van der Waals surface area contributed by atoms with Gasteiger partial charge < -0.3 is 14.5 Å². The molecule has 1 aliphatic rings. The monoisotopic (exact) mass is 512 g/mol. The first-order chi connectivity index (χ1) is 16.9. The molecule has 0 radical (unpaired) electrons. The summed E-state index contributed by atoms with van der Waals surface area (Å²) in [5.74, 6) is 1.90. The molecule has 1 fully saturated rings. The fourth-order valence-corrected chi connectivity index (χ4v) is 5.18. The van der Waals surface area contributed by atoms with Crippen LogP contribution in [-0.4, -0.2) is 30.0 Å². The second-order valence-electron chi connectivity index (χ2n) is 8.32. The molecule has 0 aliphatic heterocycles. The topological polar surface area (TPSA) is 127 Å². The third kappa shape index (κ3) is 5.99. The summed E-state index contributed by atoms with van der Waals surface area (Å²) >= 11 is 1.66. The third-order valence-electron chi connectivity index (χ3n) is 5.62. The molecule has 4 aromatic rings. The van der Waals surface area contributed by atoms with Gasteiger partial charge in [0.15, 0.2) is 5.76 Å². The number of ether oxygens (including phenoxy) is 1. The molecule has 11 heteroatoms. The Hall–Kier alpha value is -3.41. The van der Waals surface area contributed by atoms with Crippen LogP contribution in [-0.2, 0) is 16.7 Å². The lowest BCUT2D eigenvalue weighted by Crippen LogP contribution is -2.15. The third-order valence-corrected chi connectivity index (χ3v) is 7.14. The zero-order chi connectivity index (χ0) is 24.4. The van der Waals surface area contributed by atoms with E-state index >= 15 is 0 Å². The Kier molecular flexibility index (Phi) is 6.46. The number of thiazole rings is 1. The van der Waals surface area contributed by atoms with E-state index in [4.69, 9.17) is 18.7 Å². The van der Waals surface area contributed by atoms with Gasteiger partial charge in [0, 0.05) is 16.9 Å². The zero-order valence-corrected chi connectivity index (χ0v) is 20.5. The summed E-state index contributed by atoms with van der Waals surface area (Å²) in [5, 5.41) is 6.58. The smallest absolute Gasteiger partial charge is 0.357 e. The molecule has 0 unspecified atom stereocenters. The molecule has 9 nitrogen and oxygen atoms in total. The molecule has 5 rings (SSSR count). The Labute approximate surface area is 207 Å². The SMILES string of the molecule is COc1cccc(-c2cnc(N[C@@H](Cc3ccc(NS(=O)(=O)O)cc3)c3csc(C4CC4)n3)o2)c1. The van der Waals surface area contributed by atoms with E-state index in [1.54, 1.807) is 48.9 Å². The van der Waals surface area contributed by atoms with Crippen LogP contribution in [0.15, 0.2) is 64.5 Å². The van der Waals surface area contributed by atoms with E-state index in [2.05, 4.69) is 15.7 Å². The first-order valence-electron chi connectivity index (χ1n) is 11.0. The largest absolute Gasteiger partial charge is 0.497 e. The molecule has 1 atom stereocenters. The van der Waals surface area contributed by atoms with Gasteiger partial charge in [-0.1, -0.05) is 24.3 Å². The molecular formula is C24H24N4O5S2. The van der Waals surface area contributed by atoms with Crippen molar-refractivity contribution in [2.75, 3.05) is 17.1 Å². The van der Waals surface area contributed by atoms with Gasteiger partial charge in [0.2, 0.25) is 0 Å². The lowest BCUT2D eigenvalue weighted by molar-refractivity contribution is 0.415. The van der Waals surface area contributed by atoms with Crippen molar-refractivity contribution in [3.63, 3.8) is 0 Å². The van der Waals surface area contributed by atoms with Crippen LogP contribution in [0.3, 0.4) is 0 Å². The number of methoxy groups -OCH3 is 1. The highest BCUT2D eigenvalue weighted by Gasteiger charge is 2.28. The lowest BCUT2D eigenvalue weighted by atomic mass is 10.0. The molecule has 35 heavy (non-hydrogen) atoms. The molecule has 2 aromatic heterocycles. The minimum atomic E-state index is -4.32. The van der Waals surface area contributed by atoms with E-state index < -0.39 is 10.3 Å². The summed E-state index contributed by atoms with van der Waals surface area (Å²) in [6.45, 7) is 0. The van der Waals surface area contributed by atoms with Gasteiger partial charge in [0.25, 0.3) is 6.01 Å². The summed E-state index contributed by atoms with van der Waals surface area (Å²) < 4.78 is 44.4. The predicted octanol–water partition coefficient (Wildman–Crippen LogP) is 5.29. The molecule has 1 saturated carbocycles. The summed E-state index contributed by atoms with van der Waals surface area (Å²) in [4.78, 5) is 9.28. The van der Waals surface area contributed by atoms with Gasteiger partial charge in [-0.2, -0.15) is 8.42 Å². The highest BCUT2D eigenvalue weighted by Crippen LogP contribution is 2.42. The van der Waals surface area contributed by atoms with Crippen molar-refractivity contribution in [1.82, 2.24) is 9.97 Å². The summed E-state index contributed by atoms with van der Waals surface area (Å²) in [5.41, 5.74) is 2.98. The number of nitrogens with zero attached hydrogens (tertiary/aromatic N) is 2. The minimum Gasteiger partial charge on any atom is -0.497 e. The fourth-order valence-electron chi connectivity index (χ4n) is 3.70. The summed E-state index contributed by atoms with van der Waals surface area (Å²) in [7, 11) is -2.70. The van der Waals surface area contributed by atoms with Crippen LogP contribution in [0, 0.1) is 0 Å². The number of oxazole rings is 1. The van der Waals surface area contributed by atoms with E-state index in [0.717, 1.165) is 27.6 Å². The van der Waals surface area contributed by atoms with E-state index in [0.29, 0.717) is 24.1 Å². The van der Waals surface area contributed by atoms with Gasteiger partial charge in [0.1, 0.15) is 5.75 Å². The van der Waals surface area contributed by atoms with E-state index in [1.807, 2.05) is 29.0 Å². The minimum absolute atomic E-state index is 0.212. The molecule has 0 bridgehead atoms. The first kappa shape index (κ1) is 23.3. The predicted molar refractivity (Wildman–Crippen MR) is 134 cm³/mol. The molecule has 1 aliphatic carbocycles. The van der Waals surface area contributed by atoms with Crippen molar-refractivity contribution in [2.24, 2.45) is 0 Å². The highest BCUT2D eigenvalue weighted by atomic mass is 32.2. The van der Waals surface area contributed by atoms with E-state index in [-0.39, 0.29) is 11.7 Å². The maximum absolute atomic E-state index is 11.1. The number of aromatic nitrogens is 2. The van der Waals surface area contributed by atoms with Crippen molar-refractivity contribution in [1.29, 1.82) is 0 Å². The number of anilines is 2. The molecule has 3 N–H and O–H groups in total. The lowest BCUT2D eigenvalue weighted by Gasteiger charge is -2.16. The van der Waals surface area contributed by atoms with Crippen molar-refractivity contribution in [2.45, 2.75) is 31.2 Å². The Bertz CT molecular complexity index is 1410. The molecule has 2 aromatic carbocycles. The van der Waals surface area contributed by atoms with Gasteiger partial charge >= 0.3 is 10.3 Å². The highest BCUT2D eigenvalue weighted by molar-refractivity contribution is 7.87. The number of benzene rings is 2. The van der Waals surface area contributed by atoms with E-state index in [1.165, 1.54) is 12.8 Å². The zero-order valence-electron chi connectivity index (χ0n) is 18.8. The fraction of sp³-hybridized carbons (Fsp3) is 0.250. The van der Waals surface area contributed by atoms with Gasteiger partial charge in [-0.3, -0.25) is 9.27 Å². The average Bonchev–Trinajstić information content (AvgIpc) is 3.37. The quantitative estimate of drug-likeness (QED) is 0.245. The van der Waals surface area contributed by atoms with E-state index in [9.17, 15) is 8.42 Å². The Morgan fingerprint density at radius 3 is 2.74 bits per heavy atom. The standard InChI is InChI=1S/C24H24N4O5S2/c1-32-19-4-2-3-17(12-19)22-13-25-24(33-22)27-20(21-14-34-23(26-21)16-7-8-16)11-15-5-9-18(10-6-15)28-35(29,30)31/h2-6,9-10,12-14,16,20,28H,7-8,11H2,1H3,(H,25,27)(H,29,30,31)/t20-/m0/s1. The average molecular weight is 513 g/mol. The Morgan fingerprint density at radius 2 is 2.03 bits per heavy atom.